The highest BCUT2D eigenvalue weighted by Crippen LogP contribution is 2.16. The van der Waals surface area contributed by atoms with E-state index in [1.165, 1.54) is 31.6 Å². The summed E-state index contributed by atoms with van der Waals surface area (Å²) >= 11 is 0. The van der Waals surface area contributed by atoms with Crippen molar-refractivity contribution in [3.8, 4) is 0 Å². The fourth-order valence-electron chi connectivity index (χ4n) is 1.70. The molecular weight excluding hydrogens is 249 g/mol. The Morgan fingerprint density at radius 3 is 2.79 bits per heavy atom. The van der Waals surface area contributed by atoms with Gasteiger partial charge in [-0.05, 0) is 24.3 Å². The summed E-state index contributed by atoms with van der Waals surface area (Å²) in [7, 11) is 1.52. The third kappa shape index (κ3) is 3.20. The molecule has 0 saturated carbocycles. The van der Waals surface area contributed by atoms with E-state index >= 15 is 0 Å². The predicted octanol–water partition coefficient (Wildman–Crippen LogP) is 2.54. The topological polar surface area (TPSA) is 51.5 Å². The Morgan fingerprint density at radius 2 is 2.16 bits per heavy atom. The number of hydrogen-bond donors (Lipinski definition) is 1. The van der Waals surface area contributed by atoms with Gasteiger partial charge in [0, 0.05) is 7.11 Å². The Hall–Kier alpha value is -2.14. The first-order valence-corrected chi connectivity index (χ1v) is 5.81. The molecule has 5 heteroatoms. The quantitative estimate of drug-likeness (QED) is 0.901. The van der Waals surface area contributed by atoms with Crippen molar-refractivity contribution in [1.29, 1.82) is 0 Å². The first-order chi connectivity index (χ1) is 9.22. The van der Waals surface area contributed by atoms with Gasteiger partial charge in [0.2, 0.25) is 0 Å². The molecule has 100 valence electrons. The Morgan fingerprint density at radius 1 is 1.37 bits per heavy atom. The molecular formula is C14H14FNO3. The molecule has 4 nitrogen and oxygen atoms in total. The van der Waals surface area contributed by atoms with Gasteiger partial charge in [0.15, 0.2) is 0 Å². The maximum Gasteiger partial charge on any atom is 0.254 e. The molecule has 2 aromatic rings. The number of halogens is 1. The maximum atomic E-state index is 13.4. The lowest BCUT2D eigenvalue weighted by atomic mass is 10.2. The summed E-state index contributed by atoms with van der Waals surface area (Å²) in [6.45, 7) is 0.206. The molecule has 0 unspecified atom stereocenters. The van der Waals surface area contributed by atoms with Gasteiger partial charge in [0.05, 0.1) is 18.4 Å². The highest BCUT2D eigenvalue weighted by molar-refractivity contribution is 5.94. The van der Waals surface area contributed by atoms with Crippen LogP contribution in [0.1, 0.15) is 22.2 Å². The lowest BCUT2D eigenvalue weighted by molar-refractivity contribution is 0.0736. The van der Waals surface area contributed by atoms with E-state index in [2.05, 4.69) is 5.32 Å². The van der Waals surface area contributed by atoms with Crippen LogP contribution in [0.15, 0.2) is 47.1 Å². The summed E-state index contributed by atoms with van der Waals surface area (Å²) in [6.07, 6.45) is 1.13. The number of rotatable bonds is 5. The number of benzene rings is 1. The third-order valence-electron chi connectivity index (χ3n) is 2.71. The number of furan rings is 1. The van der Waals surface area contributed by atoms with E-state index in [0.29, 0.717) is 5.76 Å². The second kappa shape index (κ2) is 6.15. The number of methoxy groups -OCH3 is 1. The van der Waals surface area contributed by atoms with Crippen molar-refractivity contribution < 1.29 is 18.3 Å². The van der Waals surface area contributed by atoms with E-state index in [4.69, 9.17) is 9.15 Å². The fraction of sp³-hybridized carbons (Fsp3) is 0.214. The van der Waals surface area contributed by atoms with Gasteiger partial charge in [0.1, 0.15) is 17.7 Å². The first-order valence-electron chi connectivity index (χ1n) is 5.81. The SMILES string of the molecule is CO[C@H](CNC(=O)c1ccccc1F)c1ccco1. The number of nitrogens with one attached hydrogen (secondary N) is 1. The molecule has 1 N–H and O–H groups in total. The minimum atomic E-state index is -0.549. The van der Waals surface area contributed by atoms with Crippen LogP contribution in [0.4, 0.5) is 4.39 Å². The lowest BCUT2D eigenvalue weighted by Crippen LogP contribution is -2.29. The zero-order chi connectivity index (χ0) is 13.7. The van der Waals surface area contributed by atoms with Crippen molar-refractivity contribution in [2.75, 3.05) is 13.7 Å². The molecule has 0 aliphatic rings. The number of carbonyl (C=O) groups excluding carboxylic acids is 1. The number of carbonyl (C=O) groups is 1. The highest BCUT2D eigenvalue weighted by Gasteiger charge is 2.16. The first kappa shape index (κ1) is 13.3. The standard InChI is InChI=1S/C14H14FNO3/c1-18-13(12-7-4-8-19-12)9-16-14(17)10-5-2-3-6-11(10)15/h2-8,13H,9H2,1H3,(H,16,17)/t13-/m1/s1. The lowest BCUT2D eigenvalue weighted by Gasteiger charge is -2.13. The molecule has 0 bridgehead atoms. The van der Waals surface area contributed by atoms with Crippen molar-refractivity contribution >= 4 is 5.91 Å². The minimum absolute atomic E-state index is 0.0109. The van der Waals surface area contributed by atoms with Crippen LogP contribution in [-0.2, 0) is 4.74 Å². The number of hydrogen-bond acceptors (Lipinski definition) is 3. The smallest absolute Gasteiger partial charge is 0.254 e. The van der Waals surface area contributed by atoms with E-state index in [0.717, 1.165) is 0 Å². The summed E-state index contributed by atoms with van der Waals surface area (Å²) in [5.41, 5.74) is 0.0109. The summed E-state index contributed by atoms with van der Waals surface area (Å²) in [5, 5.41) is 2.62. The van der Waals surface area contributed by atoms with Crippen molar-refractivity contribution in [3.05, 3.63) is 59.8 Å². The summed E-state index contributed by atoms with van der Waals surface area (Å²) in [6, 6.07) is 9.31. The molecule has 0 spiro atoms. The largest absolute Gasteiger partial charge is 0.467 e. The van der Waals surface area contributed by atoms with Crippen molar-refractivity contribution in [2.24, 2.45) is 0 Å². The second-order valence-corrected chi connectivity index (χ2v) is 3.93. The maximum absolute atomic E-state index is 13.4. The van der Waals surface area contributed by atoms with Gasteiger partial charge in [0.25, 0.3) is 5.91 Å². The van der Waals surface area contributed by atoms with E-state index < -0.39 is 17.8 Å². The molecule has 0 fully saturated rings. The van der Waals surface area contributed by atoms with Crippen LogP contribution < -0.4 is 5.32 Å². The van der Waals surface area contributed by atoms with E-state index in [1.54, 1.807) is 18.2 Å². The van der Waals surface area contributed by atoms with Crippen LogP contribution in [0.3, 0.4) is 0 Å². The highest BCUT2D eigenvalue weighted by atomic mass is 19.1. The van der Waals surface area contributed by atoms with Gasteiger partial charge in [-0.1, -0.05) is 12.1 Å². The van der Waals surface area contributed by atoms with Crippen LogP contribution in [-0.4, -0.2) is 19.6 Å². The van der Waals surface area contributed by atoms with E-state index in [-0.39, 0.29) is 12.1 Å². The molecule has 1 amide bonds. The van der Waals surface area contributed by atoms with Gasteiger partial charge in [-0.2, -0.15) is 0 Å². The molecule has 1 aromatic heterocycles. The minimum Gasteiger partial charge on any atom is -0.467 e. The summed E-state index contributed by atoms with van der Waals surface area (Å²) in [5.74, 6) is -0.421. The van der Waals surface area contributed by atoms with Crippen LogP contribution in [0.5, 0.6) is 0 Å². The predicted molar refractivity (Wildman–Crippen MR) is 67.2 cm³/mol. The molecule has 0 aliphatic heterocycles. The Labute approximate surface area is 110 Å². The van der Waals surface area contributed by atoms with Gasteiger partial charge in [-0.15, -0.1) is 0 Å². The second-order valence-electron chi connectivity index (χ2n) is 3.93. The van der Waals surface area contributed by atoms with Crippen molar-refractivity contribution in [1.82, 2.24) is 5.32 Å². The van der Waals surface area contributed by atoms with Crippen LogP contribution in [0.25, 0.3) is 0 Å². The van der Waals surface area contributed by atoms with Crippen LogP contribution in [0.2, 0.25) is 0 Å². The van der Waals surface area contributed by atoms with Crippen LogP contribution in [0, 0.1) is 5.82 Å². The zero-order valence-electron chi connectivity index (χ0n) is 10.4. The van der Waals surface area contributed by atoms with Crippen LogP contribution >= 0.6 is 0 Å². The van der Waals surface area contributed by atoms with Gasteiger partial charge >= 0.3 is 0 Å². The molecule has 0 aliphatic carbocycles. The molecule has 0 radical (unpaired) electrons. The van der Waals surface area contributed by atoms with E-state index in [1.807, 2.05) is 0 Å². The van der Waals surface area contributed by atoms with E-state index in [9.17, 15) is 9.18 Å². The normalized spacial score (nSPS) is 12.1. The summed E-state index contributed by atoms with van der Waals surface area (Å²) in [4.78, 5) is 11.8. The monoisotopic (exact) mass is 263 g/mol. The number of amides is 1. The molecule has 1 aromatic carbocycles. The van der Waals surface area contributed by atoms with Crippen molar-refractivity contribution in [3.63, 3.8) is 0 Å². The van der Waals surface area contributed by atoms with Gasteiger partial charge < -0.3 is 14.5 Å². The average molecular weight is 263 g/mol. The Kier molecular flexibility index (Phi) is 4.30. The zero-order valence-corrected chi connectivity index (χ0v) is 10.4. The Balaban J connectivity index is 1.98. The average Bonchev–Trinajstić information content (AvgIpc) is 2.94. The summed E-state index contributed by atoms with van der Waals surface area (Å²) < 4.78 is 23.8. The molecule has 19 heavy (non-hydrogen) atoms. The molecule has 2 rings (SSSR count). The van der Waals surface area contributed by atoms with Gasteiger partial charge in [-0.25, -0.2) is 4.39 Å². The fourth-order valence-corrected chi connectivity index (χ4v) is 1.70. The molecule has 1 atom stereocenters. The molecule has 1 heterocycles. The van der Waals surface area contributed by atoms with Gasteiger partial charge in [-0.3, -0.25) is 4.79 Å². The Bertz CT molecular complexity index is 539. The third-order valence-corrected chi connectivity index (χ3v) is 2.71. The number of ether oxygens (including phenoxy) is 1. The van der Waals surface area contributed by atoms with Crippen molar-refractivity contribution in [2.45, 2.75) is 6.10 Å². The molecule has 0 saturated heterocycles.